The third-order valence-corrected chi connectivity index (χ3v) is 5.10. The lowest BCUT2D eigenvalue weighted by atomic mass is 9.53. The van der Waals surface area contributed by atoms with Crippen molar-refractivity contribution in [2.45, 2.75) is 40.9 Å². The fourth-order valence-corrected chi connectivity index (χ4v) is 5.09. The highest BCUT2D eigenvalue weighted by Gasteiger charge is 2.57. The fourth-order valence-electron chi connectivity index (χ4n) is 3.24. The van der Waals surface area contributed by atoms with E-state index in [0.29, 0.717) is 8.84 Å². The van der Waals surface area contributed by atoms with E-state index in [4.69, 9.17) is 0 Å². The second-order valence-electron chi connectivity index (χ2n) is 4.85. The smallest absolute Gasteiger partial charge is 0.0466 e. The molecule has 0 atom stereocenters. The van der Waals surface area contributed by atoms with Gasteiger partial charge in [-0.2, -0.15) is 0 Å². The molecule has 1 heterocycles. The van der Waals surface area contributed by atoms with Crippen LogP contribution in [-0.2, 0) is 5.41 Å². The summed E-state index contributed by atoms with van der Waals surface area (Å²) in [6, 6.07) is 6.35. The highest BCUT2D eigenvalue weighted by Crippen LogP contribution is 2.62. The van der Waals surface area contributed by atoms with E-state index in [0.717, 1.165) is 0 Å². The molecule has 0 radical (unpaired) electrons. The largest absolute Gasteiger partial charge is 0.261 e. The first-order valence-electron chi connectivity index (χ1n) is 5.33. The number of halogens is 1. The number of aromatic nitrogens is 1. The quantitative estimate of drug-likeness (QED) is 0.571. The van der Waals surface area contributed by atoms with Gasteiger partial charge in [-0.1, -0.05) is 35.1 Å². The summed E-state index contributed by atoms with van der Waals surface area (Å²) in [5.41, 5.74) is 1.80. The second-order valence-corrected chi connectivity index (χ2v) is 7.14. The first-order chi connectivity index (χ1) is 6.73. The Hall–Kier alpha value is -0.120. The van der Waals surface area contributed by atoms with Crippen LogP contribution in [0.3, 0.4) is 0 Å². The van der Waals surface area contributed by atoms with E-state index >= 15 is 0 Å². The Morgan fingerprint density at radius 3 is 2.71 bits per heavy atom. The fraction of sp³-hybridized carbons (Fsp3) is 0.583. The van der Waals surface area contributed by atoms with Gasteiger partial charge in [0.1, 0.15) is 0 Å². The maximum atomic E-state index is 4.54. The van der Waals surface area contributed by atoms with Crippen molar-refractivity contribution >= 4 is 22.6 Å². The summed E-state index contributed by atoms with van der Waals surface area (Å²) in [4.78, 5) is 4.54. The van der Waals surface area contributed by atoms with Gasteiger partial charge in [0.25, 0.3) is 0 Å². The monoisotopic (exact) mass is 299 g/mol. The van der Waals surface area contributed by atoms with Gasteiger partial charge in [0, 0.05) is 20.7 Å². The molecule has 1 aromatic heterocycles. The zero-order valence-electron chi connectivity index (χ0n) is 8.17. The van der Waals surface area contributed by atoms with Crippen LogP contribution >= 0.6 is 22.6 Å². The average molecular weight is 299 g/mol. The molecular weight excluding hydrogens is 285 g/mol. The Kier molecular flexibility index (Phi) is 1.92. The van der Waals surface area contributed by atoms with Crippen molar-refractivity contribution in [3.63, 3.8) is 0 Å². The Bertz CT molecular complexity index is 341. The third kappa shape index (κ3) is 1.23. The van der Waals surface area contributed by atoms with Gasteiger partial charge in [0.2, 0.25) is 0 Å². The predicted molar refractivity (Wildman–Crippen MR) is 65.8 cm³/mol. The van der Waals surface area contributed by atoms with E-state index in [2.05, 4.69) is 39.7 Å². The molecule has 3 aliphatic carbocycles. The molecule has 1 nitrogen and oxygen atoms in total. The topological polar surface area (TPSA) is 12.9 Å². The van der Waals surface area contributed by atoms with Crippen LogP contribution in [0.15, 0.2) is 24.4 Å². The lowest BCUT2D eigenvalue weighted by Crippen LogP contribution is -2.54. The van der Waals surface area contributed by atoms with E-state index in [1.165, 1.54) is 37.8 Å². The predicted octanol–water partition coefficient (Wildman–Crippen LogP) is 3.47. The van der Waals surface area contributed by atoms with Crippen LogP contribution in [0.25, 0.3) is 0 Å². The molecular formula is C12H14IN. The average Bonchev–Trinajstić information content (AvgIpc) is 2.18. The lowest BCUT2D eigenvalue weighted by Gasteiger charge is -2.57. The van der Waals surface area contributed by atoms with Gasteiger partial charge in [-0.05, 0) is 37.8 Å². The van der Waals surface area contributed by atoms with E-state index in [9.17, 15) is 0 Å². The first-order valence-corrected chi connectivity index (χ1v) is 6.41. The van der Waals surface area contributed by atoms with Crippen molar-refractivity contribution in [3.8, 4) is 0 Å². The van der Waals surface area contributed by atoms with Crippen molar-refractivity contribution in [3.05, 3.63) is 30.1 Å². The van der Waals surface area contributed by atoms with Crippen LogP contribution in [0.1, 0.15) is 37.8 Å². The van der Waals surface area contributed by atoms with Crippen molar-refractivity contribution in [2.75, 3.05) is 0 Å². The van der Waals surface area contributed by atoms with E-state index in [-0.39, 0.29) is 0 Å². The number of hydrogen-bond acceptors (Lipinski definition) is 1. The number of nitrogens with zero attached hydrogens (tertiary/aromatic N) is 1. The molecule has 0 N–H and O–H groups in total. The molecule has 1 aromatic rings. The number of hydrogen-bond donors (Lipinski definition) is 0. The van der Waals surface area contributed by atoms with Crippen LogP contribution in [0.4, 0.5) is 0 Å². The molecule has 14 heavy (non-hydrogen) atoms. The molecule has 2 heteroatoms. The van der Waals surface area contributed by atoms with Gasteiger partial charge in [0.15, 0.2) is 0 Å². The van der Waals surface area contributed by atoms with Gasteiger partial charge >= 0.3 is 0 Å². The minimum atomic E-state index is 0.459. The number of fused-ring (bicyclic) bond motifs is 2. The Morgan fingerprint density at radius 2 is 2.07 bits per heavy atom. The summed E-state index contributed by atoms with van der Waals surface area (Å²) in [7, 11) is 0. The molecule has 4 rings (SSSR count). The summed E-state index contributed by atoms with van der Waals surface area (Å²) in [6.45, 7) is 0. The van der Waals surface area contributed by atoms with Gasteiger partial charge < -0.3 is 0 Å². The van der Waals surface area contributed by atoms with Crippen molar-refractivity contribution in [1.29, 1.82) is 0 Å². The highest BCUT2D eigenvalue weighted by molar-refractivity contribution is 14.1. The molecule has 0 unspecified atom stereocenters. The zero-order valence-corrected chi connectivity index (χ0v) is 10.3. The van der Waals surface area contributed by atoms with Crippen LogP contribution in [0.5, 0.6) is 0 Å². The molecule has 0 aliphatic heterocycles. The third-order valence-electron chi connectivity index (χ3n) is 3.80. The Labute approximate surface area is 98.5 Å². The van der Waals surface area contributed by atoms with Gasteiger partial charge in [0.05, 0.1) is 0 Å². The molecule has 74 valence electrons. The molecule has 0 saturated heterocycles. The SMILES string of the molecule is IC12CCCC(c3ccccn3)(C1)C2. The Morgan fingerprint density at radius 1 is 1.21 bits per heavy atom. The summed E-state index contributed by atoms with van der Waals surface area (Å²) in [5, 5.41) is 0. The minimum absolute atomic E-state index is 0.459. The number of alkyl halides is 1. The second kappa shape index (κ2) is 2.94. The molecule has 3 aliphatic rings. The standard InChI is InChI=1S/C12H14IN/c13-12-6-3-5-11(8-12,9-12)10-4-1-2-7-14-10/h1-2,4,7H,3,5-6,8-9H2. The normalized spacial score (nSPS) is 40.4. The molecule has 3 fully saturated rings. The number of pyridine rings is 1. The summed E-state index contributed by atoms with van der Waals surface area (Å²) in [6.07, 6.45) is 8.82. The maximum absolute atomic E-state index is 4.54. The molecule has 0 amide bonds. The van der Waals surface area contributed by atoms with Crippen LogP contribution in [0, 0.1) is 0 Å². The summed E-state index contributed by atoms with van der Waals surface area (Å²) < 4.78 is 0.619. The summed E-state index contributed by atoms with van der Waals surface area (Å²) >= 11 is 2.67. The minimum Gasteiger partial charge on any atom is -0.261 e. The van der Waals surface area contributed by atoms with Gasteiger partial charge in [-0.25, -0.2) is 0 Å². The molecule has 2 bridgehead atoms. The van der Waals surface area contributed by atoms with Crippen LogP contribution in [0.2, 0.25) is 0 Å². The van der Waals surface area contributed by atoms with Crippen LogP contribution < -0.4 is 0 Å². The van der Waals surface area contributed by atoms with Gasteiger partial charge in [-0.15, -0.1) is 0 Å². The maximum Gasteiger partial charge on any atom is 0.0466 e. The summed E-state index contributed by atoms with van der Waals surface area (Å²) in [5.74, 6) is 0. The molecule has 3 saturated carbocycles. The van der Waals surface area contributed by atoms with E-state index in [1.54, 1.807) is 0 Å². The number of rotatable bonds is 1. The van der Waals surface area contributed by atoms with Crippen molar-refractivity contribution in [1.82, 2.24) is 4.98 Å². The highest BCUT2D eigenvalue weighted by atomic mass is 127. The zero-order chi connectivity index (χ0) is 9.65. The van der Waals surface area contributed by atoms with Gasteiger partial charge in [-0.3, -0.25) is 4.98 Å². The first kappa shape index (κ1) is 9.13. The molecule has 0 spiro atoms. The Balaban J connectivity index is 1.93. The van der Waals surface area contributed by atoms with Crippen LogP contribution in [-0.4, -0.2) is 8.41 Å². The van der Waals surface area contributed by atoms with E-state index in [1.807, 2.05) is 12.3 Å². The molecule has 0 aromatic carbocycles. The lowest BCUT2D eigenvalue weighted by molar-refractivity contribution is 0.108. The van der Waals surface area contributed by atoms with Crippen molar-refractivity contribution < 1.29 is 0 Å². The van der Waals surface area contributed by atoms with E-state index < -0.39 is 0 Å². The van der Waals surface area contributed by atoms with Crippen molar-refractivity contribution in [2.24, 2.45) is 0 Å².